The second kappa shape index (κ2) is 7.05. The average molecular weight is 275 g/mol. The van der Waals surface area contributed by atoms with Gasteiger partial charge in [0.15, 0.2) is 0 Å². The number of nitrogens with one attached hydrogen (secondary N) is 2. The van der Waals surface area contributed by atoms with Crippen molar-refractivity contribution in [3.8, 4) is 0 Å². The Morgan fingerprint density at radius 1 is 1.25 bits per heavy atom. The molecule has 108 valence electrons. The summed E-state index contributed by atoms with van der Waals surface area (Å²) >= 11 is 0. The molecule has 0 aliphatic carbocycles. The molecule has 0 aromatic heterocycles. The molecule has 5 heteroatoms. The molecule has 1 fully saturated rings. The largest absolute Gasteiger partial charge is 0.369 e. The van der Waals surface area contributed by atoms with Crippen molar-refractivity contribution in [3.63, 3.8) is 0 Å². The number of anilines is 1. The molecule has 2 rings (SSSR count). The lowest BCUT2D eigenvalue weighted by Crippen LogP contribution is -2.30. The van der Waals surface area contributed by atoms with Crippen molar-refractivity contribution in [2.75, 3.05) is 18.4 Å². The van der Waals surface area contributed by atoms with Crippen molar-refractivity contribution >= 4 is 17.5 Å². The zero-order valence-electron chi connectivity index (χ0n) is 11.5. The summed E-state index contributed by atoms with van der Waals surface area (Å²) in [7, 11) is 0. The lowest BCUT2D eigenvalue weighted by atomic mass is 9.94. The van der Waals surface area contributed by atoms with Gasteiger partial charge in [-0.2, -0.15) is 0 Å². The van der Waals surface area contributed by atoms with E-state index in [1.165, 1.54) is 0 Å². The van der Waals surface area contributed by atoms with Crippen LogP contribution in [-0.4, -0.2) is 24.9 Å². The SMILES string of the molecule is NC(=O)Cc1ccccc1NC(=O)CC1CCNCC1. The predicted molar refractivity (Wildman–Crippen MR) is 78.2 cm³/mol. The Morgan fingerprint density at radius 2 is 1.95 bits per heavy atom. The highest BCUT2D eigenvalue weighted by molar-refractivity contribution is 5.92. The molecule has 4 N–H and O–H groups in total. The van der Waals surface area contributed by atoms with Crippen LogP contribution in [0.3, 0.4) is 0 Å². The van der Waals surface area contributed by atoms with Gasteiger partial charge in [-0.3, -0.25) is 9.59 Å². The molecule has 0 saturated carbocycles. The van der Waals surface area contributed by atoms with Crippen LogP contribution in [0.5, 0.6) is 0 Å². The summed E-state index contributed by atoms with van der Waals surface area (Å²) in [6.45, 7) is 1.96. The third-order valence-corrected chi connectivity index (χ3v) is 3.59. The number of amides is 2. The summed E-state index contributed by atoms with van der Waals surface area (Å²) in [5.74, 6) is 0.0541. The third kappa shape index (κ3) is 4.35. The number of piperidine rings is 1. The van der Waals surface area contributed by atoms with E-state index in [-0.39, 0.29) is 12.3 Å². The number of benzene rings is 1. The zero-order chi connectivity index (χ0) is 14.4. The fraction of sp³-hybridized carbons (Fsp3) is 0.467. The maximum atomic E-state index is 12.1. The third-order valence-electron chi connectivity index (χ3n) is 3.59. The number of nitrogens with two attached hydrogens (primary N) is 1. The fourth-order valence-electron chi connectivity index (χ4n) is 2.53. The normalized spacial score (nSPS) is 15.8. The Bertz CT molecular complexity index is 482. The minimum atomic E-state index is -0.398. The summed E-state index contributed by atoms with van der Waals surface area (Å²) in [5.41, 5.74) is 6.66. The molecule has 0 unspecified atom stereocenters. The highest BCUT2D eigenvalue weighted by Gasteiger charge is 2.17. The summed E-state index contributed by atoms with van der Waals surface area (Å²) < 4.78 is 0. The topological polar surface area (TPSA) is 84.2 Å². The molecule has 1 aliphatic heterocycles. The molecule has 1 aromatic carbocycles. The van der Waals surface area contributed by atoms with Crippen molar-refractivity contribution in [2.24, 2.45) is 11.7 Å². The highest BCUT2D eigenvalue weighted by atomic mass is 16.2. The first-order chi connectivity index (χ1) is 9.65. The molecular weight excluding hydrogens is 254 g/mol. The molecule has 0 radical (unpaired) electrons. The summed E-state index contributed by atoms with van der Waals surface area (Å²) in [6, 6.07) is 7.29. The summed E-state index contributed by atoms with van der Waals surface area (Å²) in [5, 5.41) is 6.18. The first-order valence-corrected chi connectivity index (χ1v) is 7.02. The van der Waals surface area contributed by atoms with Crippen molar-refractivity contribution in [2.45, 2.75) is 25.7 Å². The van der Waals surface area contributed by atoms with Crippen LogP contribution in [0, 0.1) is 5.92 Å². The van der Waals surface area contributed by atoms with E-state index in [1.54, 1.807) is 6.07 Å². The van der Waals surface area contributed by atoms with Gasteiger partial charge in [0.2, 0.25) is 11.8 Å². The lowest BCUT2D eigenvalue weighted by Gasteiger charge is -2.22. The molecule has 2 amide bonds. The number of carbonyl (C=O) groups is 2. The quantitative estimate of drug-likeness (QED) is 0.750. The predicted octanol–water partition coefficient (Wildman–Crippen LogP) is 1.04. The van der Waals surface area contributed by atoms with Gasteiger partial charge in [0.05, 0.1) is 6.42 Å². The molecule has 0 spiro atoms. The Balaban J connectivity index is 1.94. The van der Waals surface area contributed by atoms with Gasteiger partial charge >= 0.3 is 0 Å². The van der Waals surface area contributed by atoms with Gasteiger partial charge in [0, 0.05) is 12.1 Å². The van der Waals surface area contributed by atoms with E-state index < -0.39 is 5.91 Å². The van der Waals surface area contributed by atoms with Gasteiger partial charge in [-0.05, 0) is 43.5 Å². The van der Waals surface area contributed by atoms with Crippen LogP contribution >= 0.6 is 0 Å². The summed E-state index contributed by atoms with van der Waals surface area (Å²) in [6.07, 6.45) is 2.75. The van der Waals surface area contributed by atoms with Gasteiger partial charge < -0.3 is 16.4 Å². The minimum Gasteiger partial charge on any atom is -0.369 e. The van der Waals surface area contributed by atoms with Gasteiger partial charge in [0.25, 0.3) is 0 Å². The van der Waals surface area contributed by atoms with E-state index in [9.17, 15) is 9.59 Å². The average Bonchev–Trinajstić information content (AvgIpc) is 2.41. The minimum absolute atomic E-state index is 0.00817. The first-order valence-electron chi connectivity index (χ1n) is 7.02. The highest BCUT2D eigenvalue weighted by Crippen LogP contribution is 2.19. The van der Waals surface area contributed by atoms with Gasteiger partial charge in [-0.25, -0.2) is 0 Å². The molecule has 5 nitrogen and oxygen atoms in total. The lowest BCUT2D eigenvalue weighted by molar-refractivity contribution is -0.118. The summed E-state index contributed by atoms with van der Waals surface area (Å²) in [4.78, 5) is 23.1. The van der Waals surface area contributed by atoms with Crippen LogP contribution < -0.4 is 16.4 Å². The number of carbonyl (C=O) groups excluding carboxylic acids is 2. The van der Waals surface area contributed by atoms with Crippen molar-refractivity contribution < 1.29 is 9.59 Å². The Labute approximate surface area is 118 Å². The van der Waals surface area contributed by atoms with Gasteiger partial charge in [-0.15, -0.1) is 0 Å². The van der Waals surface area contributed by atoms with E-state index in [0.29, 0.717) is 18.0 Å². The van der Waals surface area contributed by atoms with Gasteiger partial charge in [-0.1, -0.05) is 18.2 Å². The Morgan fingerprint density at radius 3 is 2.65 bits per heavy atom. The maximum Gasteiger partial charge on any atom is 0.224 e. The maximum absolute atomic E-state index is 12.1. The van der Waals surface area contributed by atoms with Crippen LogP contribution in [0.1, 0.15) is 24.8 Å². The smallest absolute Gasteiger partial charge is 0.224 e. The van der Waals surface area contributed by atoms with Crippen LogP contribution in [0.25, 0.3) is 0 Å². The number of hydrogen-bond donors (Lipinski definition) is 3. The molecule has 1 saturated heterocycles. The molecule has 1 aliphatic rings. The van der Waals surface area contributed by atoms with E-state index in [0.717, 1.165) is 31.5 Å². The fourth-order valence-corrected chi connectivity index (χ4v) is 2.53. The van der Waals surface area contributed by atoms with E-state index in [2.05, 4.69) is 10.6 Å². The molecule has 0 bridgehead atoms. The second-order valence-corrected chi connectivity index (χ2v) is 5.25. The molecule has 1 aromatic rings. The Kier molecular flexibility index (Phi) is 5.12. The molecule has 1 heterocycles. The molecular formula is C15H21N3O2. The van der Waals surface area contributed by atoms with Crippen molar-refractivity contribution in [3.05, 3.63) is 29.8 Å². The van der Waals surface area contributed by atoms with E-state index in [1.807, 2.05) is 18.2 Å². The monoisotopic (exact) mass is 275 g/mol. The van der Waals surface area contributed by atoms with E-state index >= 15 is 0 Å². The van der Waals surface area contributed by atoms with Crippen LogP contribution in [0.15, 0.2) is 24.3 Å². The number of rotatable bonds is 5. The van der Waals surface area contributed by atoms with E-state index in [4.69, 9.17) is 5.73 Å². The van der Waals surface area contributed by atoms with Crippen LogP contribution in [0.4, 0.5) is 5.69 Å². The number of primary amides is 1. The van der Waals surface area contributed by atoms with Crippen LogP contribution in [0.2, 0.25) is 0 Å². The molecule has 0 atom stereocenters. The second-order valence-electron chi connectivity index (χ2n) is 5.25. The molecule has 20 heavy (non-hydrogen) atoms. The van der Waals surface area contributed by atoms with Gasteiger partial charge in [0.1, 0.15) is 0 Å². The number of hydrogen-bond acceptors (Lipinski definition) is 3. The van der Waals surface area contributed by atoms with Crippen LogP contribution in [-0.2, 0) is 16.0 Å². The Hall–Kier alpha value is -1.88. The van der Waals surface area contributed by atoms with Crippen molar-refractivity contribution in [1.82, 2.24) is 5.32 Å². The number of para-hydroxylation sites is 1. The van der Waals surface area contributed by atoms with Crippen molar-refractivity contribution in [1.29, 1.82) is 0 Å². The first kappa shape index (κ1) is 14.5. The zero-order valence-corrected chi connectivity index (χ0v) is 11.5. The standard InChI is InChI=1S/C15H21N3O2/c16-14(19)10-12-3-1-2-4-13(12)18-15(20)9-11-5-7-17-8-6-11/h1-4,11,17H,5-10H2,(H2,16,19)(H,18,20).